The zero-order chi connectivity index (χ0) is 29.4. The van der Waals surface area contributed by atoms with Crippen molar-refractivity contribution in [1.29, 1.82) is 0 Å². The first-order valence-corrected chi connectivity index (χ1v) is 13.6. The molecule has 0 bridgehead atoms. The number of urea groups is 1. The Hall–Kier alpha value is -4.64. The van der Waals surface area contributed by atoms with E-state index in [9.17, 15) is 19.2 Å². The van der Waals surface area contributed by atoms with E-state index in [0.29, 0.717) is 47.0 Å². The van der Waals surface area contributed by atoms with Gasteiger partial charge in [-0.15, -0.1) is 0 Å². The highest BCUT2D eigenvalue weighted by Crippen LogP contribution is 2.35. The fourth-order valence-electron chi connectivity index (χ4n) is 3.94. The number of carbonyl (C=O) groups excluding carboxylic acids is 4. The van der Waals surface area contributed by atoms with Crippen LogP contribution in [0.3, 0.4) is 0 Å². The van der Waals surface area contributed by atoms with Gasteiger partial charge in [0.2, 0.25) is 0 Å². The van der Waals surface area contributed by atoms with E-state index in [0.717, 1.165) is 10.5 Å². The third-order valence-corrected chi connectivity index (χ3v) is 6.55. The van der Waals surface area contributed by atoms with E-state index in [1.54, 1.807) is 43.3 Å². The quantitative estimate of drug-likeness (QED) is 0.237. The van der Waals surface area contributed by atoms with Crippen LogP contribution in [0.1, 0.15) is 25.0 Å². The molecule has 0 atom stereocenters. The number of nitrogens with one attached hydrogen (secondary N) is 2. The number of carbonyl (C=O) groups is 4. The van der Waals surface area contributed by atoms with Gasteiger partial charge in [0, 0.05) is 11.0 Å². The third kappa shape index (κ3) is 7.31. The standard InChI is InChI=1S/C30H28BrN3O7/c1-3-39-22-12-10-21(11-13-22)34-29(37)23(28(36)33-30(34)38)14-20-15-25(40-4-2)26(16-24(20)31)41-18-27(35)32-17-19-8-6-5-7-9-19/h5-16H,3-4,17-18H2,1-2H3,(H,32,35)(H,33,36,38)/b23-14+. The smallest absolute Gasteiger partial charge is 0.335 e. The first-order valence-electron chi connectivity index (χ1n) is 12.8. The lowest BCUT2D eigenvalue weighted by Gasteiger charge is -2.26. The van der Waals surface area contributed by atoms with E-state index in [-0.39, 0.29) is 23.8 Å². The number of imide groups is 2. The van der Waals surface area contributed by atoms with Crippen LogP contribution in [0, 0.1) is 0 Å². The molecule has 0 aromatic heterocycles. The molecule has 41 heavy (non-hydrogen) atoms. The maximum absolute atomic E-state index is 13.3. The van der Waals surface area contributed by atoms with E-state index in [1.807, 2.05) is 37.3 Å². The second-order valence-corrected chi connectivity index (χ2v) is 9.54. The topological polar surface area (TPSA) is 123 Å². The van der Waals surface area contributed by atoms with E-state index >= 15 is 0 Å². The number of amides is 5. The number of rotatable bonds is 11. The van der Waals surface area contributed by atoms with Crippen molar-refractivity contribution in [1.82, 2.24) is 10.6 Å². The summed E-state index contributed by atoms with van der Waals surface area (Å²) >= 11 is 3.44. The molecule has 1 aliphatic rings. The highest BCUT2D eigenvalue weighted by atomic mass is 79.9. The van der Waals surface area contributed by atoms with Crippen LogP contribution in [-0.2, 0) is 20.9 Å². The normalized spacial score (nSPS) is 14.1. The molecule has 1 heterocycles. The fraction of sp³-hybridized carbons (Fsp3) is 0.200. The van der Waals surface area contributed by atoms with Crippen molar-refractivity contribution in [3.05, 3.63) is 87.9 Å². The summed E-state index contributed by atoms with van der Waals surface area (Å²) in [7, 11) is 0. The highest BCUT2D eigenvalue weighted by Gasteiger charge is 2.37. The molecule has 3 aromatic rings. The van der Waals surface area contributed by atoms with Gasteiger partial charge in [-0.05, 0) is 67.4 Å². The summed E-state index contributed by atoms with van der Waals surface area (Å²) in [6.45, 7) is 4.51. The Bertz CT molecular complexity index is 1470. The summed E-state index contributed by atoms with van der Waals surface area (Å²) in [6.07, 6.45) is 1.36. The molecule has 5 amide bonds. The predicted molar refractivity (Wildman–Crippen MR) is 156 cm³/mol. The predicted octanol–water partition coefficient (Wildman–Crippen LogP) is 4.61. The molecule has 1 aliphatic heterocycles. The van der Waals surface area contributed by atoms with Crippen LogP contribution in [0.15, 0.2) is 76.8 Å². The number of hydrogen-bond acceptors (Lipinski definition) is 7. The Labute approximate surface area is 245 Å². The number of hydrogen-bond donors (Lipinski definition) is 2. The molecule has 11 heteroatoms. The zero-order valence-corrected chi connectivity index (χ0v) is 24.0. The summed E-state index contributed by atoms with van der Waals surface area (Å²) in [6, 6.07) is 18.2. The molecule has 2 N–H and O–H groups in total. The van der Waals surface area contributed by atoms with Crippen molar-refractivity contribution in [2.45, 2.75) is 20.4 Å². The average Bonchev–Trinajstić information content (AvgIpc) is 2.96. The van der Waals surface area contributed by atoms with Gasteiger partial charge in [-0.25, -0.2) is 9.69 Å². The van der Waals surface area contributed by atoms with Gasteiger partial charge in [-0.3, -0.25) is 19.7 Å². The number of halogens is 1. The van der Waals surface area contributed by atoms with E-state index in [2.05, 4.69) is 26.6 Å². The Morgan fingerprint density at radius 1 is 0.927 bits per heavy atom. The SMILES string of the molecule is CCOc1ccc(N2C(=O)NC(=O)/C(=C\c3cc(OCC)c(OCC(=O)NCc4ccccc4)cc3Br)C2=O)cc1. The second kappa shape index (κ2) is 13.6. The summed E-state index contributed by atoms with van der Waals surface area (Å²) in [5.41, 5.74) is 1.40. The van der Waals surface area contributed by atoms with Gasteiger partial charge in [-0.1, -0.05) is 46.3 Å². The summed E-state index contributed by atoms with van der Waals surface area (Å²) in [5, 5.41) is 5.00. The van der Waals surface area contributed by atoms with Crippen molar-refractivity contribution in [2.24, 2.45) is 0 Å². The fourth-order valence-corrected chi connectivity index (χ4v) is 4.38. The minimum Gasteiger partial charge on any atom is -0.494 e. The molecular weight excluding hydrogens is 594 g/mol. The van der Waals surface area contributed by atoms with Crippen molar-refractivity contribution in [3.8, 4) is 17.2 Å². The number of barbiturate groups is 1. The van der Waals surface area contributed by atoms with Gasteiger partial charge >= 0.3 is 6.03 Å². The molecule has 0 saturated carbocycles. The largest absolute Gasteiger partial charge is 0.494 e. The Kier molecular flexibility index (Phi) is 9.75. The average molecular weight is 622 g/mol. The maximum atomic E-state index is 13.3. The highest BCUT2D eigenvalue weighted by molar-refractivity contribution is 9.10. The molecule has 10 nitrogen and oxygen atoms in total. The monoisotopic (exact) mass is 621 g/mol. The van der Waals surface area contributed by atoms with Gasteiger partial charge in [0.05, 0.1) is 18.9 Å². The van der Waals surface area contributed by atoms with Crippen molar-refractivity contribution in [3.63, 3.8) is 0 Å². The van der Waals surface area contributed by atoms with Crippen LogP contribution < -0.4 is 29.7 Å². The molecule has 212 valence electrons. The molecule has 3 aromatic carbocycles. The number of nitrogens with zero attached hydrogens (tertiary/aromatic N) is 1. The van der Waals surface area contributed by atoms with Gasteiger partial charge < -0.3 is 19.5 Å². The molecular formula is C30H28BrN3O7. The lowest BCUT2D eigenvalue weighted by Crippen LogP contribution is -2.54. The summed E-state index contributed by atoms with van der Waals surface area (Å²) in [5.74, 6) is -0.757. The van der Waals surface area contributed by atoms with Crippen LogP contribution in [0.25, 0.3) is 6.08 Å². The number of benzene rings is 3. The molecule has 0 spiro atoms. The minimum atomic E-state index is -0.857. The van der Waals surface area contributed by atoms with Gasteiger partial charge in [0.1, 0.15) is 11.3 Å². The summed E-state index contributed by atoms with van der Waals surface area (Å²) < 4.78 is 17.3. The van der Waals surface area contributed by atoms with Gasteiger partial charge in [0.15, 0.2) is 18.1 Å². The third-order valence-electron chi connectivity index (χ3n) is 5.86. The molecule has 0 aliphatic carbocycles. The van der Waals surface area contributed by atoms with E-state index in [4.69, 9.17) is 14.2 Å². The minimum absolute atomic E-state index is 0.250. The van der Waals surface area contributed by atoms with Crippen LogP contribution >= 0.6 is 15.9 Å². The molecule has 0 radical (unpaired) electrons. The zero-order valence-electron chi connectivity index (χ0n) is 22.4. The van der Waals surface area contributed by atoms with Gasteiger partial charge in [0.25, 0.3) is 17.7 Å². The van der Waals surface area contributed by atoms with E-state index < -0.39 is 17.8 Å². The van der Waals surface area contributed by atoms with Crippen LogP contribution in [-0.4, -0.2) is 43.6 Å². The molecule has 1 fully saturated rings. The Balaban J connectivity index is 1.53. The van der Waals surface area contributed by atoms with Gasteiger partial charge in [-0.2, -0.15) is 0 Å². The summed E-state index contributed by atoms with van der Waals surface area (Å²) in [4.78, 5) is 51.8. The van der Waals surface area contributed by atoms with Crippen LogP contribution in [0.2, 0.25) is 0 Å². The lowest BCUT2D eigenvalue weighted by atomic mass is 10.1. The Morgan fingerprint density at radius 2 is 1.61 bits per heavy atom. The molecule has 0 unspecified atom stereocenters. The number of ether oxygens (including phenoxy) is 3. The van der Waals surface area contributed by atoms with Crippen molar-refractivity contribution >= 4 is 51.4 Å². The van der Waals surface area contributed by atoms with Crippen LogP contribution in [0.4, 0.5) is 10.5 Å². The number of anilines is 1. The Morgan fingerprint density at radius 3 is 2.29 bits per heavy atom. The lowest BCUT2D eigenvalue weighted by molar-refractivity contribution is -0.124. The second-order valence-electron chi connectivity index (χ2n) is 8.69. The maximum Gasteiger partial charge on any atom is 0.335 e. The molecule has 4 rings (SSSR count). The first kappa shape index (κ1) is 29.3. The van der Waals surface area contributed by atoms with Crippen LogP contribution in [0.5, 0.6) is 17.2 Å². The van der Waals surface area contributed by atoms with Crippen molar-refractivity contribution < 1.29 is 33.4 Å². The molecule has 1 saturated heterocycles. The van der Waals surface area contributed by atoms with E-state index in [1.165, 1.54) is 6.08 Å². The van der Waals surface area contributed by atoms with Crippen molar-refractivity contribution in [2.75, 3.05) is 24.7 Å². The first-order chi connectivity index (χ1) is 19.8.